The Morgan fingerprint density at radius 3 is 1.69 bits per heavy atom. The summed E-state index contributed by atoms with van der Waals surface area (Å²) in [4.78, 5) is 24.3. The average Bonchev–Trinajstić information content (AvgIpc) is 3.00. The molecule has 1 rings (SSSR count). The fraction of sp³-hybridized carbons (Fsp3) is 0.765. The van der Waals surface area contributed by atoms with E-state index >= 15 is 0 Å². The third-order valence-corrected chi connectivity index (χ3v) is 7.83. The van der Waals surface area contributed by atoms with E-state index < -0.39 is 6.09 Å². The Kier molecular flexibility index (Phi) is 26.1. The highest BCUT2D eigenvalue weighted by atomic mass is 16.5. The Balaban J connectivity index is 1.99. The molecule has 0 saturated carbocycles. The lowest BCUT2D eigenvalue weighted by atomic mass is 10.0. The minimum absolute atomic E-state index is 0.0578. The molecule has 0 aliphatic rings. The van der Waals surface area contributed by atoms with Crippen LogP contribution in [0.1, 0.15) is 120 Å². The summed E-state index contributed by atoms with van der Waals surface area (Å²) in [5.74, 6) is 0. The molecule has 8 nitrogen and oxygen atoms in total. The minimum Gasteiger partial charge on any atom is -0.445 e. The molecule has 0 bridgehead atoms. The van der Waals surface area contributed by atoms with Crippen LogP contribution in [0.3, 0.4) is 0 Å². The smallest absolute Gasteiger partial charge is 0.407 e. The summed E-state index contributed by atoms with van der Waals surface area (Å²) in [7, 11) is 0. The number of carbonyl (C=O) groups is 2. The molecule has 0 spiro atoms. The Labute approximate surface area is 256 Å². The van der Waals surface area contributed by atoms with Crippen molar-refractivity contribution in [1.29, 1.82) is 0 Å². The van der Waals surface area contributed by atoms with Crippen molar-refractivity contribution < 1.29 is 24.5 Å². The van der Waals surface area contributed by atoms with Crippen LogP contribution in [-0.2, 0) is 22.6 Å². The first-order chi connectivity index (χ1) is 20.7. The van der Waals surface area contributed by atoms with Crippen molar-refractivity contribution in [2.75, 3.05) is 45.9 Å². The van der Waals surface area contributed by atoms with Gasteiger partial charge in [-0.25, -0.2) is 4.79 Å². The van der Waals surface area contributed by atoms with Gasteiger partial charge in [-0.05, 0) is 43.4 Å². The van der Waals surface area contributed by atoms with Gasteiger partial charge in [0.15, 0.2) is 0 Å². The normalized spacial score (nSPS) is 11.1. The SMILES string of the molecule is O=CNCCCCCCCCCCCCCCCCCCc1ccccc1COC(=O)NCCCN(CCO)CCO. The van der Waals surface area contributed by atoms with Crippen molar-refractivity contribution >= 4 is 12.5 Å². The lowest BCUT2D eigenvalue weighted by Crippen LogP contribution is -2.33. The first kappa shape index (κ1) is 37.9. The van der Waals surface area contributed by atoms with Crippen LogP contribution in [0.25, 0.3) is 0 Å². The number of carbonyl (C=O) groups excluding carboxylic acids is 2. The van der Waals surface area contributed by atoms with Crippen molar-refractivity contribution in [3.8, 4) is 0 Å². The summed E-state index contributed by atoms with van der Waals surface area (Å²) >= 11 is 0. The van der Waals surface area contributed by atoms with E-state index in [9.17, 15) is 9.59 Å². The highest BCUT2D eigenvalue weighted by molar-refractivity contribution is 5.67. The van der Waals surface area contributed by atoms with Gasteiger partial charge in [-0.15, -0.1) is 0 Å². The third-order valence-electron chi connectivity index (χ3n) is 7.83. The van der Waals surface area contributed by atoms with Crippen molar-refractivity contribution in [2.45, 2.75) is 122 Å². The van der Waals surface area contributed by atoms with Crippen LogP contribution in [0.2, 0.25) is 0 Å². The van der Waals surface area contributed by atoms with Gasteiger partial charge in [-0.3, -0.25) is 9.69 Å². The van der Waals surface area contributed by atoms with Gasteiger partial charge < -0.3 is 25.6 Å². The zero-order valence-corrected chi connectivity index (χ0v) is 26.3. The van der Waals surface area contributed by atoms with E-state index in [4.69, 9.17) is 14.9 Å². The molecule has 0 unspecified atom stereocenters. The molecule has 4 N–H and O–H groups in total. The highest BCUT2D eigenvalue weighted by Crippen LogP contribution is 2.17. The number of amides is 2. The van der Waals surface area contributed by atoms with Crippen LogP contribution in [0.15, 0.2) is 24.3 Å². The van der Waals surface area contributed by atoms with Gasteiger partial charge >= 0.3 is 6.09 Å². The second-order valence-electron chi connectivity index (χ2n) is 11.4. The van der Waals surface area contributed by atoms with Gasteiger partial charge in [0.2, 0.25) is 6.41 Å². The van der Waals surface area contributed by atoms with E-state index in [0.29, 0.717) is 26.2 Å². The van der Waals surface area contributed by atoms with Crippen molar-refractivity contribution in [2.24, 2.45) is 0 Å². The van der Waals surface area contributed by atoms with Crippen LogP contribution in [0.4, 0.5) is 4.79 Å². The molecule has 1 aromatic rings. The van der Waals surface area contributed by atoms with Gasteiger partial charge in [-0.1, -0.05) is 114 Å². The van der Waals surface area contributed by atoms with Gasteiger partial charge in [0.05, 0.1) is 13.2 Å². The molecule has 0 fully saturated rings. The molecule has 0 heterocycles. The number of unbranched alkanes of at least 4 members (excludes halogenated alkanes) is 15. The van der Waals surface area contributed by atoms with E-state index in [1.54, 1.807) is 0 Å². The molecule has 242 valence electrons. The van der Waals surface area contributed by atoms with E-state index in [0.717, 1.165) is 44.2 Å². The quantitative estimate of drug-likeness (QED) is 0.0634. The number of benzene rings is 1. The Morgan fingerprint density at radius 1 is 0.667 bits per heavy atom. The molecular formula is C34H61N3O5. The molecule has 0 saturated heterocycles. The first-order valence-corrected chi connectivity index (χ1v) is 16.8. The second-order valence-corrected chi connectivity index (χ2v) is 11.4. The van der Waals surface area contributed by atoms with Gasteiger partial charge in [0.25, 0.3) is 0 Å². The number of ether oxygens (including phenoxy) is 1. The number of aryl methyl sites for hydroxylation is 1. The number of hydrogen-bond donors (Lipinski definition) is 4. The Bertz CT molecular complexity index is 758. The fourth-order valence-electron chi connectivity index (χ4n) is 5.32. The van der Waals surface area contributed by atoms with E-state index in [2.05, 4.69) is 22.8 Å². The Morgan fingerprint density at radius 2 is 1.17 bits per heavy atom. The third kappa shape index (κ3) is 22.4. The monoisotopic (exact) mass is 591 g/mol. The zero-order chi connectivity index (χ0) is 30.4. The van der Waals surface area contributed by atoms with Crippen LogP contribution in [0.5, 0.6) is 0 Å². The molecule has 0 aromatic heterocycles. The van der Waals surface area contributed by atoms with Crippen molar-refractivity contribution in [3.63, 3.8) is 0 Å². The number of aliphatic hydroxyl groups excluding tert-OH is 2. The standard InChI is InChI=1S/C34H61N3O5/c38-28-26-37(27-29-39)25-19-24-36-34(41)42-30-33-22-17-16-21-32(33)20-15-13-11-9-7-5-3-1-2-4-6-8-10-12-14-18-23-35-31-40/h16-17,21-22,31,38-39H,1-15,18-20,23-30H2,(H,35,40)(H,36,41). The van der Waals surface area contributed by atoms with Gasteiger partial charge in [0.1, 0.15) is 6.61 Å². The number of alkyl carbamates (subject to hydrolysis) is 1. The summed E-state index contributed by atoms with van der Waals surface area (Å²) in [6.07, 6.45) is 23.0. The van der Waals surface area contributed by atoms with E-state index in [1.807, 2.05) is 17.0 Å². The summed E-state index contributed by atoms with van der Waals surface area (Å²) in [6.45, 7) is 3.47. The maximum atomic E-state index is 12.1. The molecule has 42 heavy (non-hydrogen) atoms. The molecule has 1 aromatic carbocycles. The van der Waals surface area contributed by atoms with Crippen LogP contribution in [-0.4, -0.2) is 73.6 Å². The number of hydrogen-bond acceptors (Lipinski definition) is 6. The zero-order valence-electron chi connectivity index (χ0n) is 26.3. The molecule has 8 heteroatoms. The second kappa shape index (κ2) is 28.9. The predicted octanol–water partition coefficient (Wildman–Crippen LogP) is 6.12. The topological polar surface area (TPSA) is 111 Å². The summed E-state index contributed by atoms with van der Waals surface area (Å²) < 4.78 is 5.46. The maximum Gasteiger partial charge on any atom is 0.407 e. The number of rotatable bonds is 30. The molecule has 0 radical (unpaired) electrons. The van der Waals surface area contributed by atoms with Crippen molar-refractivity contribution in [1.82, 2.24) is 15.5 Å². The predicted molar refractivity (Wildman–Crippen MR) is 172 cm³/mol. The van der Waals surface area contributed by atoms with Gasteiger partial charge in [-0.2, -0.15) is 0 Å². The number of nitrogens with one attached hydrogen (secondary N) is 2. The molecule has 0 aliphatic carbocycles. The summed E-state index contributed by atoms with van der Waals surface area (Å²) in [5.41, 5.74) is 2.34. The largest absolute Gasteiger partial charge is 0.445 e. The summed E-state index contributed by atoms with van der Waals surface area (Å²) in [6, 6.07) is 8.24. The number of aliphatic hydroxyl groups is 2. The lowest BCUT2D eigenvalue weighted by Gasteiger charge is -2.19. The first-order valence-electron chi connectivity index (χ1n) is 16.8. The Hall–Kier alpha value is -2.16. The summed E-state index contributed by atoms with van der Waals surface area (Å²) in [5, 5.41) is 23.7. The van der Waals surface area contributed by atoms with Crippen LogP contribution < -0.4 is 10.6 Å². The van der Waals surface area contributed by atoms with Gasteiger partial charge in [0, 0.05) is 26.2 Å². The van der Waals surface area contributed by atoms with E-state index in [1.165, 1.54) is 95.5 Å². The highest BCUT2D eigenvalue weighted by Gasteiger charge is 2.08. The van der Waals surface area contributed by atoms with Crippen molar-refractivity contribution in [3.05, 3.63) is 35.4 Å². The molecule has 0 aliphatic heterocycles. The van der Waals surface area contributed by atoms with Crippen LogP contribution in [0, 0.1) is 0 Å². The lowest BCUT2D eigenvalue weighted by molar-refractivity contribution is -0.109. The van der Waals surface area contributed by atoms with E-state index in [-0.39, 0.29) is 19.8 Å². The molecule has 2 amide bonds. The fourth-order valence-corrected chi connectivity index (χ4v) is 5.32. The maximum absolute atomic E-state index is 12.1. The number of nitrogens with zero attached hydrogens (tertiary/aromatic N) is 1. The molecule has 0 atom stereocenters. The molecular weight excluding hydrogens is 530 g/mol. The minimum atomic E-state index is -0.409. The average molecular weight is 592 g/mol. The van der Waals surface area contributed by atoms with Crippen LogP contribution >= 0.6 is 0 Å².